The molecule has 1 saturated carbocycles. The van der Waals surface area contributed by atoms with Crippen molar-refractivity contribution in [2.75, 3.05) is 0 Å². The van der Waals surface area contributed by atoms with Gasteiger partial charge >= 0.3 is 0 Å². The molecule has 0 aliphatic heterocycles. The number of benzene rings is 2. The molecule has 1 atom stereocenters. The van der Waals surface area contributed by atoms with E-state index in [0.29, 0.717) is 0 Å². The summed E-state index contributed by atoms with van der Waals surface area (Å²) in [5.41, 5.74) is -0.979. The molecule has 3 rings (SSSR count). The number of carbonyl (C=O) groups is 1. The minimum Gasteiger partial charge on any atom is -0.387 e. The maximum atomic E-state index is 14.0. The summed E-state index contributed by atoms with van der Waals surface area (Å²) < 4.78 is 27.6. The van der Waals surface area contributed by atoms with E-state index in [0.717, 1.165) is 0 Å². The van der Waals surface area contributed by atoms with E-state index in [9.17, 15) is 18.7 Å². The second-order valence-corrected chi connectivity index (χ2v) is 7.59. The number of carbonyl (C=O) groups excluding carboxylic acids is 1. The normalized spacial score (nSPS) is 23.7. The number of hydrogen-bond donors (Lipinski definition) is 2. The minimum absolute atomic E-state index is 0.120. The lowest BCUT2D eigenvalue weighted by Gasteiger charge is -2.41. The van der Waals surface area contributed by atoms with Crippen molar-refractivity contribution in [1.82, 2.24) is 5.32 Å². The van der Waals surface area contributed by atoms with Gasteiger partial charge < -0.3 is 10.4 Å². The topological polar surface area (TPSA) is 49.3 Å². The number of halogens is 4. The molecule has 0 spiro atoms. The quantitative estimate of drug-likeness (QED) is 0.719. The molecule has 1 unspecified atom stereocenters. The van der Waals surface area contributed by atoms with Crippen molar-refractivity contribution in [3.05, 3.63) is 69.5 Å². The van der Waals surface area contributed by atoms with Gasteiger partial charge in [-0.3, -0.25) is 4.79 Å². The smallest absolute Gasteiger partial charge is 0.253 e. The first-order valence-corrected chi connectivity index (χ1v) is 9.43. The molecule has 1 aliphatic rings. The van der Waals surface area contributed by atoms with E-state index in [1.807, 2.05) is 0 Å². The molecule has 144 valence electrons. The predicted octanol–water partition coefficient (Wildman–Crippen LogP) is 5.25. The van der Waals surface area contributed by atoms with E-state index < -0.39 is 29.5 Å². The van der Waals surface area contributed by atoms with Crippen molar-refractivity contribution in [3.63, 3.8) is 0 Å². The van der Waals surface area contributed by atoms with Crippen LogP contribution in [-0.4, -0.2) is 22.8 Å². The van der Waals surface area contributed by atoms with Crippen LogP contribution in [0, 0.1) is 5.82 Å². The van der Waals surface area contributed by atoms with Crippen LogP contribution in [0.5, 0.6) is 0 Å². The van der Waals surface area contributed by atoms with Gasteiger partial charge in [-0.15, -0.1) is 0 Å². The van der Waals surface area contributed by atoms with E-state index in [1.165, 1.54) is 12.1 Å². The molecular formula is C20H19Cl2F2NO2. The fourth-order valence-corrected chi connectivity index (χ4v) is 3.93. The third kappa shape index (κ3) is 4.26. The summed E-state index contributed by atoms with van der Waals surface area (Å²) in [6, 6.07) is 9.66. The van der Waals surface area contributed by atoms with Crippen molar-refractivity contribution in [2.24, 2.45) is 0 Å². The minimum atomic E-state index is -1.45. The Hall–Kier alpha value is -1.69. The number of rotatable bonds is 4. The third-order valence-electron chi connectivity index (χ3n) is 5.00. The fraction of sp³-hybridized carbons (Fsp3) is 0.350. The lowest BCUT2D eigenvalue weighted by Crippen LogP contribution is -2.48. The SMILES string of the molecule is O=C(NC(c1cccc(F)c1Cl)C1(O)CCC(F)CC1)c1ccccc1Cl. The van der Waals surface area contributed by atoms with E-state index >= 15 is 0 Å². The van der Waals surface area contributed by atoms with Crippen LogP contribution in [0.3, 0.4) is 0 Å². The second-order valence-electron chi connectivity index (χ2n) is 6.81. The molecule has 0 bridgehead atoms. The van der Waals surface area contributed by atoms with Gasteiger partial charge in [-0.1, -0.05) is 47.5 Å². The van der Waals surface area contributed by atoms with E-state index in [1.54, 1.807) is 30.3 Å². The van der Waals surface area contributed by atoms with Crippen LogP contribution in [0.2, 0.25) is 10.0 Å². The Labute approximate surface area is 166 Å². The van der Waals surface area contributed by atoms with E-state index in [2.05, 4.69) is 5.32 Å². The Morgan fingerprint density at radius 1 is 1.15 bits per heavy atom. The maximum absolute atomic E-state index is 14.0. The molecule has 1 fully saturated rings. The van der Waals surface area contributed by atoms with Gasteiger partial charge in [0.1, 0.15) is 12.0 Å². The van der Waals surface area contributed by atoms with Crippen LogP contribution < -0.4 is 5.32 Å². The molecule has 2 N–H and O–H groups in total. The van der Waals surface area contributed by atoms with Gasteiger partial charge in [-0.05, 0) is 49.4 Å². The van der Waals surface area contributed by atoms with Gasteiger partial charge in [0.15, 0.2) is 0 Å². The van der Waals surface area contributed by atoms with Crippen LogP contribution >= 0.6 is 23.2 Å². The zero-order chi connectivity index (χ0) is 19.6. The van der Waals surface area contributed by atoms with Gasteiger partial charge in [0.25, 0.3) is 5.91 Å². The molecule has 0 saturated heterocycles. The Balaban J connectivity index is 1.99. The number of alkyl halides is 1. The molecule has 0 aromatic heterocycles. The molecule has 1 amide bonds. The first-order valence-electron chi connectivity index (χ1n) is 8.67. The van der Waals surface area contributed by atoms with Gasteiger partial charge in [0.05, 0.1) is 27.3 Å². The zero-order valence-corrected chi connectivity index (χ0v) is 15.9. The summed E-state index contributed by atoms with van der Waals surface area (Å²) in [7, 11) is 0. The third-order valence-corrected chi connectivity index (χ3v) is 5.73. The molecular weight excluding hydrogens is 395 g/mol. The summed E-state index contributed by atoms with van der Waals surface area (Å²) in [5.74, 6) is -1.18. The van der Waals surface area contributed by atoms with Gasteiger partial charge in [0.2, 0.25) is 0 Å². The van der Waals surface area contributed by atoms with Crippen molar-refractivity contribution >= 4 is 29.1 Å². The molecule has 2 aromatic carbocycles. The van der Waals surface area contributed by atoms with E-state index in [4.69, 9.17) is 23.2 Å². The van der Waals surface area contributed by atoms with Crippen molar-refractivity contribution in [1.29, 1.82) is 0 Å². The highest BCUT2D eigenvalue weighted by molar-refractivity contribution is 6.34. The van der Waals surface area contributed by atoms with Crippen molar-refractivity contribution in [3.8, 4) is 0 Å². The monoisotopic (exact) mass is 413 g/mol. The molecule has 7 heteroatoms. The average Bonchev–Trinajstić information content (AvgIpc) is 2.65. The Kier molecular flexibility index (Phi) is 6.04. The molecule has 0 heterocycles. The summed E-state index contributed by atoms with van der Waals surface area (Å²) in [4.78, 5) is 12.8. The number of aliphatic hydroxyl groups is 1. The van der Waals surface area contributed by atoms with Crippen LogP contribution in [-0.2, 0) is 0 Å². The van der Waals surface area contributed by atoms with Gasteiger partial charge in [-0.2, -0.15) is 0 Å². The number of nitrogens with one attached hydrogen (secondary N) is 1. The largest absolute Gasteiger partial charge is 0.387 e. The summed E-state index contributed by atoms with van der Waals surface area (Å²) in [6.45, 7) is 0. The number of amides is 1. The van der Waals surface area contributed by atoms with Gasteiger partial charge in [-0.25, -0.2) is 8.78 Å². The average molecular weight is 414 g/mol. The zero-order valence-electron chi connectivity index (χ0n) is 14.4. The molecule has 3 nitrogen and oxygen atoms in total. The lowest BCUT2D eigenvalue weighted by molar-refractivity contribution is -0.0445. The Morgan fingerprint density at radius 3 is 2.48 bits per heavy atom. The standard InChI is InChI=1S/C20H19Cl2F2NO2/c21-15-6-2-1-4-13(15)19(26)25-18(14-5-3-7-16(24)17(14)22)20(27)10-8-12(23)9-11-20/h1-7,12,18,27H,8-11H2,(H,25,26). The Bertz CT molecular complexity index is 838. The van der Waals surface area contributed by atoms with Crippen molar-refractivity contribution in [2.45, 2.75) is 43.5 Å². The van der Waals surface area contributed by atoms with Crippen LogP contribution in [0.15, 0.2) is 42.5 Å². The summed E-state index contributed by atoms with van der Waals surface area (Å²) >= 11 is 12.2. The lowest BCUT2D eigenvalue weighted by atomic mass is 9.76. The fourth-order valence-electron chi connectivity index (χ4n) is 3.47. The first kappa shape index (κ1) is 20.1. The first-order chi connectivity index (χ1) is 12.8. The highest BCUT2D eigenvalue weighted by Gasteiger charge is 2.43. The molecule has 0 radical (unpaired) electrons. The van der Waals surface area contributed by atoms with Crippen molar-refractivity contribution < 1.29 is 18.7 Å². The highest BCUT2D eigenvalue weighted by atomic mass is 35.5. The second kappa shape index (κ2) is 8.13. The van der Waals surface area contributed by atoms with Gasteiger partial charge in [0, 0.05) is 0 Å². The van der Waals surface area contributed by atoms with Crippen LogP contribution in [0.25, 0.3) is 0 Å². The maximum Gasteiger partial charge on any atom is 0.253 e. The summed E-state index contributed by atoms with van der Waals surface area (Å²) in [5, 5.41) is 14.0. The summed E-state index contributed by atoms with van der Waals surface area (Å²) in [6.07, 6.45) is -0.458. The predicted molar refractivity (Wildman–Crippen MR) is 101 cm³/mol. The highest BCUT2D eigenvalue weighted by Crippen LogP contribution is 2.42. The van der Waals surface area contributed by atoms with E-state index in [-0.39, 0.29) is 46.9 Å². The van der Waals surface area contributed by atoms with Crippen LogP contribution in [0.1, 0.15) is 47.6 Å². The molecule has 2 aromatic rings. The van der Waals surface area contributed by atoms with Crippen LogP contribution in [0.4, 0.5) is 8.78 Å². The number of hydrogen-bond acceptors (Lipinski definition) is 2. The molecule has 1 aliphatic carbocycles. The molecule has 27 heavy (non-hydrogen) atoms. The Morgan fingerprint density at radius 2 is 1.81 bits per heavy atom.